The maximum Gasteiger partial charge on any atom is 0.421 e. The van der Waals surface area contributed by atoms with E-state index in [1.807, 2.05) is 6.92 Å². The number of amides is 2. The first-order valence-corrected chi connectivity index (χ1v) is 12.4. The fourth-order valence-corrected chi connectivity index (χ4v) is 4.26. The van der Waals surface area contributed by atoms with Gasteiger partial charge in [0, 0.05) is 37.3 Å². The molecule has 1 aromatic heterocycles. The summed E-state index contributed by atoms with van der Waals surface area (Å²) >= 11 is 0. The smallest absolute Gasteiger partial charge is 0.421 e. The molecule has 0 saturated carbocycles. The van der Waals surface area contributed by atoms with Gasteiger partial charge in [0.25, 0.3) is 5.91 Å². The molecule has 40 heavy (non-hydrogen) atoms. The van der Waals surface area contributed by atoms with E-state index < -0.39 is 35.5 Å². The minimum Gasteiger partial charge on any atom is -0.478 e. The number of nitrogens with zero attached hydrogens (tertiary/aromatic N) is 3. The number of carboxylic acid groups (broad SMARTS) is 1. The van der Waals surface area contributed by atoms with Gasteiger partial charge in [-0.25, -0.2) is 14.8 Å². The zero-order valence-electron chi connectivity index (χ0n) is 22.0. The number of hydrazine groups is 1. The van der Waals surface area contributed by atoms with Gasteiger partial charge in [0.15, 0.2) is 0 Å². The van der Waals surface area contributed by atoms with Crippen LogP contribution in [0.15, 0.2) is 54.7 Å². The molecule has 1 aliphatic rings. The lowest BCUT2D eigenvalue weighted by Gasteiger charge is -2.28. The number of aromatic nitrogens is 1. The van der Waals surface area contributed by atoms with Crippen molar-refractivity contribution in [2.24, 2.45) is 0 Å². The normalized spacial score (nSPS) is 13.8. The number of anilines is 1. The van der Waals surface area contributed by atoms with E-state index in [0.29, 0.717) is 12.1 Å². The molecular formula is C28H27F3N4O5. The molecule has 210 valence electrons. The first kappa shape index (κ1) is 28.6. The molecule has 2 amide bonds. The van der Waals surface area contributed by atoms with Gasteiger partial charge in [0.2, 0.25) is 11.8 Å². The largest absolute Gasteiger partial charge is 0.478 e. The van der Waals surface area contributed by atoms with Crippen molar-refractivity contribution in [1.29, 1.82) is 0 Å². The summed E-state index contributed by atoms with van der Waals surface area (Å²) in [5, 5.41) is 11.4. The van der Waals surface area contributed by atoms with Crippen LogP contribution in [0.25, 0.3) is 0 Å². The lowest BCUT2D eigenvalue weighted by Crippen LogP contribution is -2.38. The molecule has 0 atom stereocenters. The summed E-state index contributed by atoms with van der Waals surface area (Å²) in [7, 11) is 0. The number of ether oxygens (including phenoxy) is 1. The Bertz CT molecular complexity index is 1440. The number of carbonyl (C=O) groups excluding carboxylic acids is 2. The van der Waals surface area contributed by atoms with E-state index >= 15 is 0 Å². The van der Waals surface area contributed by atoms with Crippen molar-refractivity contribution < 1.29 is 37.4 Å². The molecule has 0 spiro atoms. The molecule has 9 nitrogen and oxygen atoms in total. The number of rotatable bonds is 8. The number of halogens is 3. The van der Waals surface area contributed by atoms with Crippen LogP contribution in [0.1, 0.15) is 57.7 Å². The Balaban J connectivity index is 1.66. The van der Waals surface area contributed by atoms with Crippen molar-refractivity contribution in [2.45, 2.75) is 46.0 Å². The van der Waals surface area contributed by atoms with Crippen LogP contribution in [0.5, 0.6) is 11.6 Å². The van der Waals surface area contributed by atoms with Gasteiger partial charge >= 0.3 is 12.1 Å². The first-order valence-electron chi connectivity index (χ1n) is 12.4. The number of carboxylic acids is 1. The standard InChI is InChI=1S/C28H27F3N4O5/c1-16(2)35(26(37)19-6-4-17(3)5-7-19)23-9-8-20(13-21(23)27(38)39)40-25-22(28(29,30)31)12-18(14-32-25)15-34-11-10-24(36)33-34/h4-9,12-14,16H,10-11,15H2,1-3H3,(H,33,36)(H,38,39). The minimum atomic E-state index is -4.82. The molecule has 12 heteroatoms. The Kier molecular flexibility index (Phi) is 8.10. The molecule has 1 fully saturated rings. The van der Waals surface area contributed by atoms with Gasteiger partial charge in [-0.3, -0.25) is 15.0 Å². The Morgan fingerprint density at radius 2 is 1.85 bits per heavy atom. The van der Waals surface area contributed by atoms with Gasteiger partial charge in [-0.15, -0.1) is 0 Å². The molecule has 2 N–H and O–H groups in total. The third-order valence-electron chi connectivity index (χ3n) is 6.18. The number of aromatic carboxylic acids is 1. The number of alkyl halides is 3. The van der Waals surface area contributed by atoms with Crippen molar-refractivity contribution in [2.75, 3.05) is 11.4 Å². The molecule has 1 aliphatic heterocycles. The minimum absolute atomic E-state index is 0.0139. The topological polar surface area (TPSA) is 112 Å². The van der Waals surface area contributed by atoms with Crippen LogP contribution in [0, 0.1) is 6.92 Å². The average molecular weight is 557 g/mol. The molecule has 0 radical (unpaired) electrons. The second-order valence-corrected chi connectivity index (χ2v) is 9.62. The summed E-state index contributed by atoms with van der Waals surface area (Å²) in [6.07, 6.45) is -3.38. The van der Waals surface area contributed by atoms with Crippen LogP contribution >= 0.6 is 0 Å². The predicted molar refractivity (Wildman–Crippen MR) is 139 cm³/mol. The zero-order chi connectivity index (χ0) is 29.2. The average Bonchev–Trinajstić information content (AvgIpc) is 3.29. The molecule has 0 aliphatic carbocycles. The van der Waals surface area contributed by atoms with E-state index in [-0.39, 0.29) is 41.4 Å². The molecule has 4 rings (SSSR count). The molecule has 0 bridgehead atoms. The summed E-state index contributed by atoms with van der Waals surface area (Å²) < 4.78 is 47.2. The second kappa shape index (κ2) is 11.3. The maximum atomic E-state index is 13.9. The summed E-state index contributed by atoms with van der Waals surface area (Å²) in [4.78, 5) is 42.1. The molecule has 3 aromatic rings. The number of aryl methyl sites for hydroxylation is 1. The van der Waals surface area contributed by atoms with Crippen molar-refractivity contribution in [1.82, 2.24) is 15.4 Å². The van der Waals surface area contributed by atoms with E-state index in [2.05, 4.69) is 10.4 Å². The summed E-state index contributed by atoms with van der Waals surface area (Å²) in [6.45, 7) is 5.67. The van der Waals surface area contributed by atoms with Crippen LogP contribution in [0.4, 0.5) is 18.9 Å². The van der Waals surface area contributed by atoms with E-state index in [0.717, 1.165) is 17.7 Å². The van der Waals surface area contributed by atoms with E-state index in [1.165, 1.54) is 28.2 Å². The van der Waals surface area contributed by atoms with Crippen molar-refractivity contribution in [3.8, 4) is 11.6 Å². The highest BCUT2D eigenvalue weighted by Crippen LogP contribution is 2.38. The molecule has 2 aromatic carbocycles. The molecule has 2 heterocycles. The molecule has 0 unspecified atom stereocenters. The Morgan fingerprint density at radius 1 is 1.15 bits per heavy atom. The quantitative estimate of drug-likeness (QED) is 0.393. The predicted octanol–water partition coefficient (Wildman–Crippen LogP) is 5.19. The number of nitrogens with one attached hydrogen (secondary N) is 1. The Labute approximate surface area is 228 Å². The van der Waals surface area contributed by atoms with Gasteiger partial charge in [-0.1, -0.05) is 17.7 Å². The highest BCUT2D eigenvalue weighted by molar-refractivity contribution is 6.09. The molecular weight excluding hydrogens is 529 g/mol. The fourth-order valence-electron chi connectivity index (χ4n) is 4.26. The third-order valence-corrected chi connectivity index (χ3v) is 6.18. The Hall–Kier alpha value is -4.45. The van der Waals surface area contributed by atoms with Crippen molar-refractivity contribution in [3.63, 3.8) is 0 Å². The van der Waals surface area contributed by atoms with Crippen LogP contribution in [-0.4, -0.2) is 45.5 Å². The number of carbonyl (C=O) groups is 3. The van der Waals surface area contributed by atoms with E-state index in [4.69, 9.17) is 4.74 Å². The number of hydrogen-bond donors (Lipinski definition) is 2. The van der Waals surface area contributed by atoms with Gasteiger partial charge in [0.05, 0.1) is 11.3 Å². The van der Waals surface area contributed by atoms with Crippen LogP contribution < -0.4 is 15.1 Å². The third kappa shape index (κ3) is 6.40. The van der Waals surface area contributed by atoms with Gasteiger partial charge in [0.1, 0.15) is 11.3 Å². The van der Waals surface area contributed by atoms with E-state index in [9.17, 15) is 32.7 Å². The van der Waals surface area contributed by atoms with Crippen LogP contribution in [-0.2, 0) is 17.5 Å². The maximum absolute atomic E-state index is 13.9. The molecule has 1 saturated heterocycles. The fraction of sp³-hybridized carbons (Fsp3) is 0.286. The number of benzene rings is 2. The van der Waals surface area contributed by atoms with Gasteiger partial charge in [-0.05, 0) is 62.7 Å². The summed E-state index contributed by atoms with van der Waals surface area (Å²) in [5.74, 6) is -3.02. The number of hydrogen-bond acceptors (Lipinski definition) is 6. The monoisotopic (exact) mass is 556 g/mol. The lowest BCUT2D eigenvalue weighted by atomic mass is 10.1. The van der Waals surface area contributed by atoms with Gasteiger partial charge in [-0.2, -0.15) is 13.2 Å². The lowest BCUT2D eigenvalue weighted by molar-refractivity contribution is -0.139. The Morgan fingerprint density at radius 3 is 2.42 bits per heavy atom. The van der Waals surface area contributed by atoms with Crippen LogP contribution in [0.2, 0.25) is 0 Å². The highest BCUT2D eigenvalue weighted by Gasteiger charge is 2.36. The zero-order valence-corrected chi connectivity index (χ0v) is 22.0. The number of pyridine rings is 1. The first-order chi connectivity index (χ1) is 18.8. The van der Waals surface area contributed by atoms with Gasteiger partial charge < -0.3 is 14.7 Å². The summed E-state index contributed by atoms with van der Waals surface area (Å²) in [6, 6.07) is 10.9. The van der Waals surface area contributed by atoms with Crippen molar-refractivity contribution >= 4 is 23.5 Å². The van der Waals surface area contributed by atoms with Crippen molar-refractivity contribution in [3.05, 3.63) is 82.5 Å². The SMILES string of the molecule is Cc1ccc(C(=O)N(c2ccc(Oc3ncc(CN4CCC(=O)N4)cc3C(F)(F)F)cc2C(=O)O)C(C)C)cc1. The highest BCUT2D eigenvalue weighted by atomic mass is 19.4. The van der Waals surface area contributed by atoms with E-state index in [1.54, 1.807) is 38.1 Å². The summed E-state index contributed by atoms with van der Waals surface area (Å²) in [5.41, 5.74) is 2.62. The van der Waals surface area contributed by atoms with Crippen LogP contribution in [0.3, 0.4) is 0 Å². The second-order valence-electron chi connectivity index (χ2n) is 9.62.